The van der Waals surface area contributed by atoms with Crippen molar-refractivity contribution in [2.45, 2.75) is 32.1 Å². The minimum atomic E-state index is -0.407. The third-order valence-corrected chi connectivity index (χ3v) is 5.58. The van der Waals surface area contributed by atoms with Crippen molar-refractivity contribution >= 4 is 29.3 Å². The lowest BCUT2D eigenvalue weighted by Crippen LogP contribution is -2.25. The van der Waals surface area contributed by atoms with Gasteiger partial charge in [0.25, 0.3) is 5.91 Å². The fourth-order valence-corrected chi connectivity index (χ4v) is 3.69. The Morgan fingerprint density at radius 1 is 1.16 bits per heavy atom. The maximum atomic E-state index is 13.0. The second-order valence-corrected chi connectivity index (χ2v) is 8.09. The van der Waals surface area contributed by atoms with Gasteiger partial charge in [-0.2, -0.15) is 0 Å². The molecule has 1 heterocycles. The first-order chi connectivity index (χ1) is 15.4. The van der Waals surface area contributed by atoms with E-state index in [9.17, 15) is 14.0 Å². The molecular weight excluding hydrogens is 429 g/mol. The van der Waals surface area contributed by atoms with E-state index >= 15 is 0 Å². The number of carbonyl (C=O) groups excluding carboxylic acids is 2. The average Bonchev–Trinajstić information content (AvgIpc) is 3.15. The Labute approximate surface area is 190 Å². The van der Waals surface area contributed by atoms with Crippen molar-refractivity contribution in [2.75, 3.05) is 11.1 Å². The molecule has 2 N–H and O–H groups in total. The van der Waals surface area contributed by atoms with Crippen LogP contribution < -0.4 is 10.6 Å². The van der Waals surface area contributed by atoms with Crippen molar-refractivity contribution in [1.82, 2.24) is 20.1 Å². The number of thioether (sulfide) groups is 1. The van der Waals surface area contributed by atoms with Crippen molar-refractivity contribution < 1.29 is 14.0 Å². The molecule has 32 heavy (non-hydrogen) atoms. The maximum absolute atomic E-state index is 13.0. The van der Waals surface area contributed by atoms with Crippen LogP contribution in [0.5, 0.6) is 0 Å². The lowest BCUT2D eigenvalue weighted by Gasteiger charge is -2.10. The van der Waals surface area contributed by atoms with E-state index in [2.05, 4.69) is 27.4 Å². The number of nitrogens with one attached hydrogen (secondary N) is 2. The minimum absolute atomic E-state index is 0.131. The van der Waals surface area contributed by atoms with E-state index in [0.717, 1.165) is 16.8 Å². The Morgan fingerprint density at radius 2 is 1.91 bits per heavy atom. The highest BCUT2D eigenvalue weighted by molar-refractivity contribution is 7.99. The minimum Gasteiger partial charge on any atom is -0.345 e. The lowest BCUT2D eigenvalue weighted by atomic mass is 10.1. The van der Waals surface area contributed by atoms with Crippen LogP contribution in [0.1, 0.15) is 27.3 Å². The van der Waals surface area contributed by atoms with Gasteiger partial charge in [-0.15, -0.1) is 16.8 Å². The van der Waals surface area contributed by atoms with Gasteiger partial charge in [-0.3, -0.25) is 9.59 Å². The molecule has 0 radical (unpaired) electrons. The summed E-state index contributed by atoms with van der Waals surface area (Å²) in [4.78, 5) is 24.7. The van der Waals surface area contributed by atoms with E-state index in [4.69, 9.17) is 0 Å². The van der Waals surface area contributed by atoms with Gasteiger partial charge < -0.3 is 15.2 Å². The van der Waals surface area contributed by atoms with Gasteiger partial charge in [0.15, 0.2) is 11.0 Å². The summed E-state index contributed by atoms with van der Waals surface area (Å²) >= 11 is 1.25. The molecule has 0 fully saturated rings. The first kappa shape index (κ1) is 23.2. The van der Waals surface area contributed by atoms with Crippen molar-refractivity contribution in [3.63, 3.8) is 0 Å². The molecule has 0 unspecified atom stereocenters. The SMILES string of the molecule is C=CCn1c(CNC(=O)c2ccc(F)cc2)nnc1SCC(=O)Nc1cc(C)ccc1C. The highest BCUT2D eigenvalue weighted by Gasteiger charge is 2.15. The molecule has 0 bridgehead atoms. The summed E-state index contributed by atoms with van der Waals surface area (Å²) in [7, 11) is 0. The number of benzene rings is 2. The second kappa shape index (κ2) is 10.7. The van der Waals surface area contributed by atoms with Gasteiger partial charge in [-0.25, -0.2) is 4.39 Å². The van der Waals surface area contributed by atoms with Crippen molar-refractivity contribution in [1.29, 1.82) is 0 Å². The summed E-state index contributed by atoms with van der Waals surface area (Å²) in [6, 6.07) is 11.2. The molecule has 7 nitrogen and oxygen atoms in total. The van der Waals surface area contributed by atoms with Gasteiger partial charge in [0.1, 0.15) is 5.82 Å². The van der Waals surface area contributed by atoms with Gasteiger partial charge in [-0.1, -0.05) is 30.0 Å². The van der Waals surface area contributed by atoms with Gasteiger partial charge in [0.05, 0.1) is 12.3 Å². The largest absolute Gasteiger partial charge is 0.345 e. The Hall–Kier alpha value is -3.46. The molecule has 0 saturated carbocycles. The first-order valence-corrected chi connectivity index (χ1v) is 10.9. The van der Waals surface area contributed by atoms with Crippen molar-refractivity contribution in [2.24, 2.45) is 0 Å². The molecule has 166 valence electrons. The average molecular weight is 454 g/mol. The number of aryl methyl sites for hydroxylation is 2. The maximum Gasteiger partial charge on any atom is 0.251 e. The van der Waals surface area contributed by atoms with E-state index in [1.54, 1.807) is 10.6 Å². The third-order valence-electron chi connectivity index (χ3n) is 4.62. The molecular formula is C23H24FN5O2S. The highest BCUT2D eigenvalue weighted by Crippen LogP contribution is 2.20. The zero-order valence-corrected chi connectivity index (χ0v) is 18.7. The Balaban J connectivity index is 1.61. The van der Waals surface area contributed by atoms with Crippen molar-refractivity contribution in [3.8, 4) is 0 Å². The summed E-state index contributed by atoms with van der Waals surface area (Å²) in [6.07, 6.45) is 1.69. The van der Waals surface area contributed by atoms with E-state index in [1.807, 2.05) is 32.0 Å². The molecule has 3 aromatic rings. The number of hydrogen-bond donors (Lipinski definition) is 2. The highest BCUT2D eigenvalue weighted by atomic mass is 32.2. The summed E-state index contributed by atoms with van der Waals surface area (Å²) in [5.74, 6) is -0.221. The summed E-state index contributed by atoms with van der Waals surface area (Å²) < 4.78 is 14.8. The van der Waals surface area contributed by atoms with Crippen LogP contribution in [0.15, 0.2) is 60.3 Å². The zero-order chi connectivity index (χ0) is 23.1. The van der Waals surface area contributed by atoms with Gasteiger partial charge in [0.2, 0.25) is 5.91 Å². The summed E-state index contributed by atoms with van der Waals surface area (Å²) in [5, 5.41) is 14.5. The molecule has 9 heteroatoms. The summed E-state index contributed by atoms with van der Waals surface area (Å²) in [5.41, 5.74) is 3.19. The summed E-state index contributed by atoms with van der Waals surface area (Å²) in [6.45, 7) is 8.22. The number of halogens is 1. The van der Waals surface area contributed by atoms with Gasteiger partial charge in [0, 0.05) is 17.8 Å². The lowest BCUT2D eigenvalue weighted by molar-refractivity contribution is -0.113. The number of allylic oxidation sites excluding steroid dienone is 1. The van der Waals surface area contributed by atoms with E-state index in [1.165, 1.54) is 36.0 Å². The van der Waals surface area contributed by atoms with Crippen LogP contribution in [0.25, 0.3) is 0 Å². The fourth-order valence-electron chi connectivity index (χ4n) is 2.92. The van der Waals surface area contributed by atoms with E-state index in [-0.39, 0.29) is 24.1 Å². The number of carbonyl (C=O) groups is 2. The van der Waals surface area contributed by atoms with Crippen LogP contribution in [0.2, 0.25) is 0 Å². The molecule has 3 rings (SSSR count). The molecule has 1 aromatic heterocycles. The normalized spacial score (nSPS) is 10.6. The molecule has 0 aliphatic heterocycles. The number of aromatic nitrogens is 3. The zero-order valence-electron chi connectivity index (χ0n) is 17.9. The van der Waals surface area contributed by atoms with Crippen LogP contribution in [0.3, 0.4) is 0 Å². The quantitative estimate of drug-likeness (QED) is 0.379. The van der Waals surface area contributed by atoms with Crippen LogP contribution in [-0.4, -0.2) is 32.3 Å². The number of nitrogens with zero attached hydrogens (tertiary/aromatic N) is 3. The fraction of sp³-hybridized carbons (Fsp3) is 0.217. The standard InChI is InChI=1S/C23H24FN5O2S/c1-4-11-29-20(13-25-22(31)17-7-9-18(24)10-8-17)27-28-23(29)32-14-21(30)26-19-12-15(2)5-6-16(19)3/h4-10,12H,1,11,13-14H2,2-3H3,(H,25,31)(H,26,30). The number of hydrogen-bond acceptors (Lipinski definition) is 5. The van der Waals surface area contributed by atoms with Gasteiger partial charge in [-0.05, 0) is 55.3 Å². The monoisotopic (exact) mass is 453 g/mol. The Morgan fingerprint density at radius 3 is 2.62 bits per heavy atom. The predicted octanol–water partition coefficient (Wildman–Crippen LogP) is 3.88. The molecule has 2 aromatic carbocycles. The Bertz CT molecular complexity index is 1130. The molecule has 2 amide bonds. The number of rotatable bonds is 9. The topological polar surface area (TPSA) is 88.9 Å². The molecule has 0 spiro atoms. The molecule has 0 aliphatic rings. The van der Waals surface area contributed by atoms with Crippen LogP contribution in [-0.2, 0) is 17.9 Å². The van der Waals surface area contributed by atoms with Crippen LogP contribution in [0, 0.1) is 19.7 Å². The molecule has 0 aliphatic carbocycles. The predicted molar refractivity (Wildman–Crippen MR) is 123 cm³/mol. The van der Waals surface area contributed by atoms with Crippen LogP contribution >= 0.6 is 11.8 Å². The molecule has 0 saturated heterocycles. The van der Waals surface area contributed by atoms with Crippen molar-refractivity contribution in [3.05, 3.63) is 83.5 Å². The number of anilines is 1. The smallest absolute Gasteiger partial charge is 0.251 e. The Kier molecular flexibility index (Phi) is 7.77. The molecule has 0 atom stereocenters. The third kappa shape index (κ3) is 6.04. The second-order valence-electron chi connectivity index (χ2n) is 7.14. The van der Waals surface area contributed by atoms with E-state index in [0.29, 0.717) is 23.1 Å². The van der Waals surface area contributed by atoms with E-state index < -0.39 is 5.82 Å². The van der Waals surface area contributed by atoms with Crippen LogP contribution in [0.4, 0.5) is 10.1 Å². The first-order valence-electron chi connectivity index (χ1n) is 9.94. The van der Waals surface area contributed by atoms with Gasteiger partial charge >= 0.3 is 0 Å². The number of amides is 2.